The molecule has 0 aromatic heterocycles. The smallest absolute Gasteiger partial charge is 0.282 e. The lowest BCUT2D eigenvalue weighted by atomic mass is 10.0. The summed E-state index contributed by atoms with van der Waals surface area (Å²) >= 11 is 0. The first kappa shape index (κ1) is 20.1. The van der Waals surface area contributed by atoms with Crippen LogP contribution in [0.5, 0.6) is 5.75 Å². The number of nitrogens with zero attached hydrogens (tertiary/aromatic N) is 2. The number of ether oxygens (including phenoxy) is 1. The molecule has 0 saturated carbocycles. The van der Waals surface area contributed by atoms with Gasteiger partial charge in [-0.1, -0.05) is 48.0 Å². The summed E-state index contributed by atoms with van der Waals surface area (Å²) in [6, 6.07) is 22.9. The maximum atomic E-state index is 13.7. The second kappa shape index (κ2) is 8.00. The van der Waals surface area contributed by atoms with Crippen LogP contribution in [-0.4, -0.2) is 25.0 Å². The molecular weight excluding hydrogens is 400 g/mol. The molecule has 2 aliphatic rings. The van der Waals surface area contributed by atoms with Gasteiger partial charge in [0.05, 0.1) is 17.9 Å². The highest BCUT2D eigenvalue weighted by molar-refractivity contribution is 6.46. The zero-order valence-electron chi connectivity index (χ0n) is 18.2. The third-order valence-corrected chi connectivity index (χ3v) is 5.96. The van der Waals surface area contributed by atoms with Crippen LogP contribution < -0.4 is 14.5 Å². The predicted molar refractivity (Wildman–Crippen MR) is 126 cm³/mol. The van der Waals surface area contributed by atoms with Gasteiger partial charge in [-0.25, -0.2) is 4.90 Å². The highest BCUT2D eigenvalue weighted by atomic mass is 16.5. The van der Waals surface area contributed by atoms with Gasteiger partial charge in [-0.15, -0.1) is 0 Å². The van der Waals surface area contributed by atoms with Crippen molar-refractivity contribution in [2.75, 3.05) is 23.0 Å². The fourth-order valence-corrected chi connectivity index (χ4v) is 4.41. The van der Waals surface area contributed by atoms with Gasteiger partial charge in [0, 0.05) is 12.2 Å². The van der Waals surface area contributed by atoms with Gasteiger partial charge in [0.15, 0.2) is 0 Å². The molecule has 5 nitrogen and oxygen atoms in total. The molecule has 160 valence electrons. The molecule has 2 amide bonds. The van der Waals surface area contributed by atoms with Gasteiger partial charge >= 0.3 is 0 Å². The number of aryl methyl sites for hydroxylation is 1. The molecule has 2 heterocycles. The van der Waals surface area contributed by atoms with Gasteiger partial charge in [-0.2, -0.15) is 0 Å². The molecule has 0 bridgehead atoms. The average molecular weight is 425 g/mol. The first-order valence-electron chi connectivity index (χ1n) is 10.9. The summed E-state index contributed by atoms with van der Waals surface area (Å²) in [6.45, 7) is 5.14. The standard InChI is InChI=1S/C27H24N2O3/c1-3-32-22-14-10-20(11-15-22)24-25(28-17-16-19-6-4-5-7-23(19)28)27(31)29(26(24)30)21-12-8-18(2)9-13-21/h4-15H,3,16-17H2,1-2H3. The van der Waals surface area contributed by atoms with E-state index in [1.165, 1.54) is 10.5 Å². The SMILES string of the molecule is CCOc1ccc(C2=C(N3CCc4ccccc43)C(=O)N(c3ccc(C)cc3)C2=O)cc1. The Morgan fingerprint density at radius 2 is 1.59 bits per heavy atom. The Bertz CT molecular complexity index is 1230. The van der Waals surface area contributed by atoms with Crippen LogP contribution in [0.15, 0.2) is 78.5 Å². The minimum absolute atomic E-state index is 0.292. The highest BCUT2D eigenvalue weighted by Crippen LogP contribution is 2.40. The molecule has 0 fully saturated rings. The van der Waals surface area contributed by atoms with Crippen molar-refractivity contribution < 1.29 is 14.3 Å². The number of benzene rings is 3. The fraction of sp³-hybridized carbons (Fsp3) is 0.185. The van der Waals surface area contributed by atoms with Crippen LogP contribution in [0, 0.1) is 6.92 Å². The van der Waals surface area contributed by atoms with E-state index in [4.69, 9.17) is 4.74 Å². The predicted octanol–water partition coefficient (Wildman–Crippen LogP) is 4.74. The lowest BCUT2D eigenvalue weighted by Gasteiger charge is -2.22. The number of carbonyl (C=O) groups excluding carboxylic acids is 2. The Labute approximate surface area is 187 Å². The van der Waals surface area contributed by atoms with Crippen molar-refractivity contribution in [3.8, 4) is 5.75 Å². The molecule has 5 heteroatoms. The topological polar surface area (TPSA) is 49.9 Å². The van der Waals surface area contributed by atoms with E-state index in [0.717, 1.165) is 23.4 Å². The molecule has 32 heavy (non-hydrogen) atoms. The minimum Gasteiger partial charge on any atom is -0.494 e. The molecule has 0 atom stereocenters. The number of para-hydroxylation sites is 1. The molecule has 3 aromatic carbocycles. The maximum absolute atomic E-state index is 13.7. The molecule has 0 N–H and O–H groups in total. The summed E-state index contributed by atoms with van der Waals surface area (Å²) in [6.07, 6.45) is 0.836. The van der Waals surface area contributed by atoms with E-state index in [-0.39, 0.29) is 11.8 Å². The van der Waals surface area contributed by atoms with Gasteiger partial charge in [-0.05, 0) is 61.7 Å². The summed E-state index contributed by atoms with van der Waals surface area (Å²) in [7, 11) is 0. The highest BCUT2D eigenvalue weighted by Gasteiger charge is 2.44. The van der Waals surface area contributed by atoms with Gasteiger partial charge in [0.25, 0.3) is 11.8 Å². The Morgan fingerprint density at radius 3 is 2.31 bits per heavy atom. The number of hydrogen-bond acceptors (Lipinski definition) is 4. The van der Waals surface area contributed by atoms with Crippen molar-refractivity contribution in [2.24, 2.45) is 0 Å². The molecule has 2 aliphatic heterocycles. The molecule has 0 aliphatic carbocycles. The Kier molecular flexibility index (Phi) is 5.02. The van der Waals surface area contributed by atoms with Gasteiger partial charge < -0.3 is 9.64 Å². The van der Waals surface area contributed by atoms with E-state index < -0.39 is 0 Å². The molecule has 0 saturated heterocycles. The second-order valence-electron chi connectivity index (χ2n) is 7.99. The molecule has 3 aromatic rings. The molecule has 5 rings (SSSR count). The van der Waals surface area contributed by atoms with E-state index in [2.05, 4.69) is 6.07 Å². The van der Waals surface area contributed by atoms with Crippen LogP contribution in [0.25, 0.3) is 5.57 Å². The fourth-order valence-electron chi connectivity index (χ4n) is 4.41. The van der Waals surface area contributed by atoms with Crippen LogP contribution in [0.4, 0.5) is 11.4 Å². The number of rotatable bonds is 5. The summed E-state index contributed by atoms with van der Waals surface area (Å²) < 4.78 is 5.56. The largest absolute Gasteiger partial charge is 0.494 e. The number of carbonyl (C=O) groups is 2. The van der Waals surface area contributed by atoms with Crippen molar-refractivity contribution in [2.45, 2.75) is 20.3 Å². The monoisotopic (exact) mass is 424 g/mol. The van der Waals surface area contributed by atoms with Crippen molar-refractivity contribution in [1.29, 1.82) is 0 Å². The van der Waals surface area contributed by atoms with Crippen LogP contribution >= 0.6 is 0 Å². The molecule has 0 spiro atoms. The van der Waals surface area contributed by atoms with E-state index >= 15 is 0 Å². The third kappa shape index (κ3) is 3.26. The van der Waals surface area contributed by atoms with E-state index in [0.29, 0.717) is 35.7 Å². The zero-order chi connectivity index (χ0) is 22.2. The molecule has 0 radical (unpaired) electrons. The van der Waals surface area contributed by atoms with E-state index in [1.54, 1.807) is 0 Å². The van der Waals surface area contributed by atoms with E-state index in [9.17, 15) is 9.59 Å². The van der Waals surface area contributed by atoms with Crippen molar-refractivity contribution in [3.63, 3.8) is 0 Å². The number of hydrogen-bond donors (Lipinski definition) is 0. The van der Waals surface area contributed by atoms with Crippen LogP contribution in [-0.2, 0) is 16.0 Å². The average Bonchev–Trinajstić information content (AvgIpc) is 3.33. The molecular formula is C27H24N2O3. The lowest BCUT2D eigenvalue weighted by Crippen LogP contribution is -2.34. The Morgan fingerprint density at radius 1 is 0.875 bits per heavy atom. The maximum Gasteiger partial charge on any atom is 0.282 e. The Balaban J connectivity index is 1.64. The van der Waals surface area contributed by atoms with Gasteiger partial charge in [-0.3, -0.25) is 9.59 Å². The first-order chi connectivity index (χ1) is 15.6. The summed E-state index contributed by atoms with van der Waals surface area (Å²) in [4.78, 5) is 30.7. The molecule has 0 unspecified atom stereocenters. The van der Waals surface area contributed by atoms with Gasteiger partial charge in [0.2, 0.25) is 0 Å². The third-order valence-electron chi connectivity index (χ3n) is 5.96. The minimum atomic E-state index is -0.303. The second-order valence-corrected chi connectivity index (χ2v) is 7.99. The number of anilines is 2. The summed E-state index contributed by atoms with van der Waals surface area (Å²) in [5.74, 6) is 0.138. The number of fused-ring (bicyclic) bond motifs is 1. The van der Waals surface area contributed by atoms with Crippen LogP contribution in [0.1, 0.15) is 23.6 Å². The quantitative estimate of drug-likeness (QED) is 0.555. The van der Waals surface area contributed by atoms with Crippen LogP contribution in [0.2, 0.25) is 0 Å². The lowest BCUT2D eigenvalue weighted by molar-refractivity contribution is -0.120. The number of imide groups is 1. The van der Waals surface area contributed by atoms with Gasteiger partial charge in [0.1, 0.15) is 11.4 Å². The first-order valence-corrected chi connectivity index (χ1v) is 10.9. The Hall–Kier alpha value is -3.86. The van der Waals surface area contributed by atoms with E-state index in [1.807, 2.05) is 85.5 Å². The van der Waals surface area contributed by atoms with Crippen molar-refractivity contribution >= 4 is 28.8 Å². The van der Waals surface area contributed by atoms with Crippen LogP contribution in [0.3, 0.4) is 0 Å². The zero-order valence-corrected chi connectivity index (χ0v) is 18.2. The van der Waals surface area contributed by atoms with Crippen molar-refractivity contribution in [3.05, 3.63) is 95.2 Å². The normalized spacial score (nSPS) is 15.6. The summed E-state index contributed by atoms with van der Waals surface area (Å²) in [5.41, 5.74) is 5.39. The van der Waals surface area contributed by atoms with Crippen molar-refractivity contribution in [1.82, 2.24) is 0 Å². The number of amides is 2. The summed E-state index contributed by atoms with van der Waals surface area (Å²) in [5, 5.41) is 0.